The van der Waals surface area contributed by atoms with Crippen molar-refractivity contribution < 1.29 is 14.2 Å². The molecule has 0 aliphatic carbocycles. The van der Waals surface area contributed by atoms with Gasteiger partial charge in [-0.3, -0.25) is 0 Å². The molecule has 2 aromatic carbocycles. The molecule has 0 fully saturated rings. The van der Waals surface area contributed by atoms with Crippen molar-refractivity contribution in [2.24, 2.45) is 11.1 Å². The van der Waals surface area contributed by atoms with Gasteiger partial charge in [0, 0.05) is 28.1 Å². The second-order valence-electron chi connectivity index (χ2n) is 6.80. The van der Waals surface area contributed by atoms with Gasteiger partial charge in [-0.15, -0.1) is 4.70 Å². The van der Waals surface area contributed by atoms with Gasteiger partial charge >= 0.3 is 6.03 Å². The van der Waals surface area contributed by atoms with Gasteiger partial charge in [0.2, 0.25) is 5.88 Å². The lowest BCUT2D eigenvalue weighted by atomic mass is 10.0. The van der Waals surface area contributed by atoms with Crippen molar-refractivity contribution >= 4 is 11.7 Å². The number of nitrogens with zero attached hydrogens (tertiary/aromatic N) is 3. The van der Waals surface area contributed by atoms with E-state index in [1.165, 1.54) is 7.05 Å². The van der Waals surface area contributed by atoms with Crippen molar-refractivity contribution in [2.45, 2.75) is 26.9 Å². The van der Waals surface area contributed by atoms with Crippen LogP contribution in [-0.2, 0) is 13.0 Å². The number of urea groups is 1. The molecule has 0 aliphatic rings. The van der Waals surface area contributed by atoms with Crippen LogP contribution < -0.4 is 15.9 Å². The number of aromatic nitrogens is 1. The fourth-order valence-corrected chi connectivity index (χ4v) is 3.19. The number of pyridine rings is 1. The Morgan fingerprint density at radius 2 is 1.90 bits per heavy atom. The van der Waals surface area contributed by atoms with Crippen LogP contribution in [0.5, 0.6) is 5.88 Å². The highest BCUT2D eigenvalue weighted by atomic mass is 16.5. The number of anilines is 1. The Labute approximate surface area is 176 Å². The maximum absolute atomic E-state index is 12.2. The number of hydrogen-bond acceptors (Lipinski definition) is 4. The summed E-state index contributed by atoms with van der Waals surface area (Å²) in [5, 5.41) is 6.20. The molecule has 0 atom stereocenters. The van der Waals surface area contributed by atoms with Gasteiger partial charge in [0.25, 0.3) is 0 Å². The molecule has 1 aromatic heterocycles. The Balaban J connectivity index is 1.81. The van der Waals surface area contributed by atoms with E-state index in [-0.39, 0.29) is 6.61 Å². The lowest BCUT2D eigenvalue weighted by Gasteiger charge is -2.14. The second-order valence-corrected chi connectivity index (χ2v) is 6.80. The van der Waals surface area contributed by atoms with E-state index in [1.807, 2.05) is 55.5 Å². The number of carbonyl (C=O) groups is 1. The summed E-state index contributed by atoms with van der Waals surface area (Å²) in [7, 11) is 1.48. The Morgan fingerprint density at radius 1 is 1.13 bits per heavy atom. The summed E-state index contributed by atoms with van der Waals surface area (Å²) in [5.74, 6) is 5.71. The van der Waals surface area contributed by atoms with Gasteiger partial charge < -0.3 is 4.74 Å². The maximum Gasteiger partial charge on any atom is 0.459 e. The van der Waals surface area contributed by atoms with E-state index in [1.54, 1.807) is 0 Å². The van der Waals surface area contributed by atoms with Gasteiger partial charge in [-0.2, -0.15) is 0 Å². The van der Waals surface area contributed by atoms with Crippen LogP contribution in [0, 0.1) is 6.92 Å². The normalized spacial score (nSPS) is 11.2. The van der Waals surface area contributed by atoms with E-state index in [0.717, 1.165) is 39.1 Å². The topological polar surface area (TPSA) is 92.6 Å². The molecule has 0 radical (unpaired) electrons. The third kappa shape index (κ3) is 4.81. The molecular formula is C23H26N5O2+. The standard InChI is InChI=1S/C23H25N5O2/c1-4-17-11-8-12-21(26-23(29)28(3)27-24)20(17)15-30-22-14-13-19(16(2)25-22)18-9-6-5-7-10-18/h5-14,24H,4,15H2,1-3H3,(H,26,29)/p+1. The minimum absolute atomic E-state index is 0.278. The molecule has 2 amide bonds. The lowest BCUT2D eigenvalue weighted by Crippen LogP contribution is -2.24. The summed E-state index contributed by atoms with van der Waals surface area (Å²) in [5.41, 5.74) is 5.71. The molecule has 30 heavy (non-hydrogen) atoms. The van der Waals surface area contributed by atoms with Crippen molar-refractivity contribution in [3.05, 3.63) is 77.5 Å². The Morgan fingerprint density at radius 3 is 2.57 bits per heavy atom. The first-order valence-electron chi connectivity index (χ1n) is 9.75. The first-order valence-corrected chi connectivity index (χ1v) is 9.75. The molecule has 3 N–H and O–H groups in total. The summed E-state index contributed by atoms with van der Waals surface area (Å²) in [6.45, 7) is 4.30. The van der Waals surface area contributed by atoms with Gasteiger partial charge in [0.15, 0.2) is 0 Å². The van der Waals surface area contributed by atoms with Gasteiger partial charge in [-0.1, -0.05) is 49.4 Å². The number of aryl methyl sites for hydroxylation is 2. The largest absolute Gasteiger partial charge is 0.473 e. The third-order valence-corrected chi connectivity index (χ3v) is 4.87. The van der Waals surface area contributed by atoms with Crippen LogP contribution in [0.4, 0.5) is 10.5 Å². The number of ether oxygens (including phenoxy) is 1. The highest BCUT2D eigenvalue weighted by molar-refractivity contribution is 5.84. The monoisotopic (exact) mass is 404 g/mol. The fraction of sp³-hybridized carbons (Fsp3) is 0.217. The fourth-order valence-electron chi connectivity index (χ4n) is 3.19. The minimum atomic E-state index is -0.423. The smallest absolute Gasteiger partial charge is 0.459 e. The van der Waals surface area contributed by atoms with Gasteiger partial charge in [0.1, 0.15) is 12.3 Å². The molecule has 0 unspecified atom stereocenters. The summed E-state index contributed by atoms with van der Waals surface area (Å²) < 4.78 is 7.03. The number of nitrogens with one attached hydrogen (secondary N) is 1. The summed E-state index contributed by atoms with van der Waals surface area (Å²) in [4.78, 5) is 16.8. The highest BCUT2D eigenvalue weighted by Gasteiger charge is 2.17. The molecule has 0 saturated carbocycles. The van der Waals surface area contributed by atoms with Crippen molar-refractivity contribution in [3.63, 3.8) is 0 Å². The second kappa shape index (κ2) is 9.65. The number of rotatable bonds is 6. The van der Waals surface area contributed by atoms with Crippen LogP contribution in [0.2, 0.25) is 0 Å². The first kappa shape index (κ1) is 21.0. The van der Waals surface area contributed by atoms with Crippen LogP contribution in [0.15, 0.2) is 65.9 Å². The Bertz CT molecular complexity index is 1060. The third-order valence-electron chi connectivity index (χ3n) is 4.87. The molecular weight excluding hydrogens is 378 g/mol. The van der Waals surface area contributed by atoms with E-state index in [0.29, 0.717) is 11.6 Å². The molecule has 0 spiro atoms. The van der Waals surface area contributed by atoms with E-state index in [2.05, 4.69) is 34.6 Å². The molecule has 7 nitrogen and oxygen atoms in total. The number of hydrogen-bond donors (Lipinski definition) is 2. The quantitative estimate of drug-likeness (QED) is 0.270. The SMILES string of the molecule is CCc1cccc(NC(=O)/[N+](C)=N\N)c1COc1ccc(-c2ccccc2)c(C)n1. The number of amides is 2. The van der Waals surface area contributed by atoms with Crippen molar-refractivity contribution in [3.8, 4) is 17.0 Å². The number of carbonyl (C=O) groups excluding carboxylic acids is 1. The van der Waals surface area contributed by atoms with Gasteiger partial charge in [-0.25, -0.2) is 20.9 Å². The zero-order valence-corrected chi connectivity index (χ0v) is 17.4. The van der Waals surface area contributed by atoms with E-state index >= 15 is 0 Å². The first-order chi connectivity index (χ1) is 14.5. The van der Waals surface area contributed by atoms with Crippen LogP contribution in [0.3, 0.4) is 0 Å². The Hall–Kier alpha value is -3.74. The Kier molecular flexibility index (Phi) is 6.75. The molecule has 154 valence electrons. The van der Waals surface area contributed by atoms with Gasteiger partial charge in [0.05, 0.1) is 7.05 Å². The number of benzene rings is 2. The minimum Gasteiger partial charge on any atom is -0.473 e. The molecule has 3 aromatic rings. The molecule has 3 rings (SSSR count). The van der Waals surface area contributed by atoms with E-state index in [4.69, 9.17) is 10.6 Å². The zero-order valence-electron chi connectivity index (χ0n) is 17.4. The van der Waals surface area contributed by atoms with Crippen LogP contribution in [-0.4, -0.2) is 22.8 Å². The summed E-state index contributed by atoms with van der Waals surface area (Å²) in [6.07, 6.45) is 0.804. The molecule has 1 heterocycles. The van der Waals surface area contributed by atoms with Crippen molar-refractivity contribution in [2.75, 3.05) is 12.4 Å². The molecule has 0 aliphatic heterocycles. The average molecular weight is 404 g/mol. The van der Waals surface area contributed by atoms with Crippen molar-refractivity contribution in [1.29, 1.82) is 0 Å². The van der Waals surface area contributed by atoms with Gasteiger partial charge in [-0.05, 0) is 36.6 Å². The maximum atomic E-state index is 12.2. The lowest BCUT2D eigenvalue weighted by molar-refractivity contribution is -0.466. The van der Waals surface area contributed by atoms with Crippen LogP contribution >= 0.6 is 0 Å². The number of nitrogens with two attached hydrogens (primary N) is 1. The highest BCUT2D eigenvalue weighted by Crippen LogP contribution is 2.26. The predicted octanol–water partition coefficient (Wildman–Crippen LogP) is 4.70. The average Bonchev–Trinajstić information content (AvgIpc) is 2.78. The van der Waals surface area contributed by atoms with Crippen LogP contribution in [0.1, 0.15) is 23.7 Å². The van der Waals surface area contributed by atoms with E-state index in [9.17, 15) is 4.79 Å². The molecule has 0 saturated heterocycles. The van der Waals surface area contributed by atoms with Crippen molar-refractivity contribution in [1.82, 2.24) is 4.98 Å². The molecule has 0 bridgehead atoms. The van der Waals surface area contributed by atoms with E-state index < -0.39 is 6.03 Å². The van der Waals surface area contributed by atoms with Crippen LogP contribution in [0.25, 0.3) is 11.1 Å². The summed E-state index contributed by atoms with van der Waals surface area (Å²) >= 11 is 0. The summed E-state index contributed by atoms with van der Waals surface area (Å²) in [6, 6.07) is 19.3. The zero-order chi connectivity index (χ0) is 21.5. The predicted molar refractivity (Wildman–Crippen MR) is 116 cm³/mol. The molecule has 7 heteroatoms.